The van der Waals surface area contributed by atoms with E-state index in [9.17, 15) is 44.4 Å². The van der Waals surface area contributed by atoms with E-state index in [0.717, 1.165) is 38.5 Å². The molecule has 14 heteroatoms. The Kier molecular flexibility index (Phi) is 16.7. The van der Waals surface area contributed by atoms with Gasteiger partial charge >= 0.3 is 17.9 Å². The number of ether oxygens (including phenoxy) is 4. The number of Topliss-reactive ketones (excluding diaryl/α,β-unsaturated/α-hetero) is 1. The van der Waals surface area contributed by atoms with Crippen molar-refractivity contribution in [1.82, 2.24) is 5.32 Å². The SMILES string of the molecule is CCCCCCC(=O)N[C@@H](c1ccccc1)[C@@H](O)C(=O)OC1C[C@@](O)([C@H](C)OC(=O)CCCCCC)C(C)(C)C([C@@H](O)C(=O)[C@@]2(C)C[C@]3(OC(C)=O)CO[C@@H]3C[C@@H]2O)=C1C. The lowest BCUT2D eigenvalue weighted by molar-refractivity contribution is -0.291. The third-order valence-corrected chi connectivity index (χ3v) is 13.3. The highest BCUT2D eigenvalue weighted by atomic mass is 16.6. The molecule has 1 aromatic carbocycles. The summed E-state index contributed by atoms with van der Waals surface area (Å²) in [5.41, 5.74) is -5.83. The Morgan fingerprint density at radius 1 is 0.933 bits per heavy atom. The van der Waals surface area contributed by atoms with E-state index in [1.807, 2.05) is 0 Å². The Bertz CT molecular complexity index is 1710. The van der Waals surface area contributed by atoms with Gasteiger partial charge in [-0.3, -0.25) is 19.2 Å². The lowest BCUT2D eigenvalue weighted by atomic mass is 9.55. The van der Waals surface area contributed by atoms with Crippen LogP contribution in [0.15, 0.2) is 41.5 Å². The first-order valence-corrected chi connectivity index (χ1v) is 21.8. The number of unbranched alkanes of at least 4 members (excludes halogenated alkanes) is 6. The quantitative estimate of drug-likeness (QED) is 0.0463. The fraction of sp³-hybridized carbons (Fsp3) is 0.717. The molecule has 1 unspecified atom stereocenters. The van der Waals surface area contributed by atoms with E-state index in [-0.39, 0.29) is 55.8 Å². The molecular formula is C46H69NO13. The van der Waals surface area contributed by atoms with Gasteiger partial charge in [0.25, 0.3) is 0 Å². The van der Waals surface area contributed by atoms with Gasteiger partial charge in [-0.25, -0.2) is 4.79 Å². The first-order chi connectivity index (χ1) is 28.2. The molecule has 5 N–H and O–H groups in total. The highest BCUT2D eigenvalue weighted by Crippen LogP contribution is 2.55. The van der Waals surface area contributed by atoms with Crippen molar-refractivity contribution in [1.29, 1.82) is 0 Å². The maximum atomic E-state index is 14.7. The first kappa shape index (κ1) is 49.0. The molecular weight excluding hydrogens is 775 g/mol. The van der Waals surface area contributed by atoms with Crippen LogP contribution >= 0.6 is 0 Å². The van der Waals surface area contributed by atoms with Crippen molar-refractivity contribution in [2.24, 2.45) is 10.8 Å². The molecule has 0 aromatic heterocycles. The summed E-state index contributed by atoms with van der Waals surface area (Å²) in [6, 6.07) is 7.29. The fourth-order valence-corrected chi connectivity index (χ4v) is 9.46. The highest BCUT2D eigenvalue weighted by molar-refractivity contribution is 5.92. The number of amides is 1. The fourth-order valence-electron chi connectivity index (χ4n) is 9.46. The van der Waals surface area contributed by atoms with Crippen LogP contribution in [0.25, 0.3) is 0 Å². The molecule has 14 nitrogen and oxygen atoms in total. The number of esters is 3. The van der Waals surface area contributed by atoms with Crippen molar-refractivity contribution in [3.63, 3.8) is 0 Å². The van der Waals surface area contributed by atoms with Crippen LogP contribution in [0.5, 0.6) is 0 Å². The summed E-state index contributed by atoms with van der Waals surface area (Å²) in [5, 5.41) is 50.9. The second-order valence-corrected chi connectivity index (χ2v) is 18.0. The Balaban J connectivity index is 1.72. The van der Waals surface area contributed by atoms with Gasteiger partial charge in [0.05, 0.1) is 24.2 Å². The monoisotopic (exact) mass is 843 g/mol. The highest BCUT2D eigenvalue weighted by Gasteiger charge is 2.65. The van der Waals surface area contributed by atoms with Crippen molar-refractivity contribution in [3.05, 3.63) is 47.0 Å². The Morgan fingerprint density at radius 2 is 1.55 bits per heavy atom. The molecule has 3 aliphatic rings. The summed E-state index contributed by atoms with van der Waals surface area (Å²) in [6.07, 6.45) is -2.02. The van der Waals surface area contributed by atoms with Crippen molar-refractivity contribution >= 4 is 29.6 Å². The van der Waals surface area contributed by atoms with Gasteiger partial charge in [0.15, 0.2) is 17.5 Å². The number of hydrogen-bond donors (Lipinski definition) is 5. The number of rotatable bonds is 21. The summed E-state index contributed by atoms with van der Waals surface area (Å²) in [6.45, 7) is 13.1. The van der Waals surface area contributed by atoms with E-state index < -0.39 is 88.4 Å². The van der Waals surface area contributed by atoms with Gasteiger partial charge in [-0.05, 0) is 50.3 Å². The second kappa shape index (κ2) is 20.5. The summed E-state index contributed by atoms with van der Waals surface area (Å²) in [4.78, 5) is 67.1. The number of nitrogens with one attached hydrogen (secondary N) is 1. The molecule has 0 radical (unpaired) electrons. The molecule has 2 aliphatic carbocycles. The lowest BCUT2D eigenvalue weighted by Crippen LogP contribution is -2.70. The van der Waals surface area contributed by atoms with E-state index in [1.54, 1.807) is 51.1 Å². The molecule has 2 fully saturated rings. The van der Waals surface area contributed by atoms with Crippen molar-refractivity contribution < 1.29 is 63.3 Å². The van der Waals surface area contributed by atoms with Crippen LogP contribution in [0.1, 0.15) is 150 Å². The number of carbonyl (C=O) groups is 5. The van der Waals surface area contributed by atoms with Crippen LogP contribution < -0.4 is 5.32 Å². The number of fused-ring (bicyclic) bond motifs is 1. The topological polar surface area (TPSA) is 215 Å². The summed E-state index contributed by atoms with van der Waals surface area (Å²) < 4.78 is 23.1. The molecule has 0 bridgehead atoms. The maximum Gasteiger partial charge on any atom is 0.338 e. The summed E-state index contributed by atoms with van der Waals surface area (Å²) >= 11 is 0. The third-order valence-electron chi connectivity index (χ3n) is 13.3. The number of carbonyl (C=O) groups excluding carboxylic acids is 5. The molecule has 1 saturated carbocycles. The third kappa shape index (κ3) is 10.5. The molecule has 1 amide bonds. The average molecular weight is 844 g/mol. The van der Waals surface area contributed by atoms with E-state index >= 15 is 0 Å². The summed E-state index contributed by atoms with van der Waals surface area (Å²) in [7, 11) is 0. The molecule has 1 aliphatic heterocycles. The molecule has 336 valence electrons. The minimum absolute atomic E-state index is 0.000859. The molecule has 1 aromatic rings. The van der Waals surface area contributed by atoms with E-state index in [4.69, 9.17) is 18.9 Å². The minimum Gasteiger partial charge on any atom is -0.460 e. The lowest BCUT2D eigenvalue weighted by Gasteiger charge is -2.57. The van der Waals surface area contributed by atoms with E-state index in [2.05, 4.69) is 19.2 Å². The first-order valence-electron chi connectivity index (χ1n) is 21.8. The minimum atomic E-state index is -2.07. The van der Waals surface area contributed by atoms with Gasteiger partial charge in [0, 0.05) is 44.4 Å². The normalized spacial score (nSPS) is 29.2. The second-order valence-electron chi connectivity index (χ2n) is 18.0. The van der Waals surface area contributed by atoms with Crippen LogP contribution in [0.4, 0.5) is 0 Å². The number of aliphatic hydroxyl groups is 4. The maximum absolute atomic E-state index is 14.7. The zero-order valence-electron chi connectivity index (χ0n) is 36.8. The number of ketones is 1. The largest absolute Gasteiger partial charge is 0.460 e. The van der Waals surface area contributed by atoms with Crippen molar-refractivity contribution in [2.45, 2.75) is 193 Å². The Labute approximate surface area is 354 Å². The number of benzene rings is 1. The van der Waals surface area contributed by atoms with E-state index in [0.29, 0.717) is 18.4 Å². The molecule has 0 spiro atoms. The van der Waals surface area contributed by atoms with Crippen LogP contribution in [0, 0.1) is 10.8 Å². The van der Waals surface area contributed by atoms with Crippen LogP contribution in [0.3, 0.4) is 0 Å². The zero-order valence-corrected chi connectivity index (χ0v) is 36.8. The van der Waals surface area contributed by atoms with Crippen LogP contribution in [0.2, 0.25) is 0 Å². The van der Waals surface area contributed by atoms with Gasteiger partial charge in [-0.15, -0.1) is 0 Å². The van der Waals surface area contributed by atoms with Gasteiger partial charge in [0.1, 0.15) is 30.0 Å². The van der Waals surface area contributed by atoms with Crippen LogP contribution in [-0.2, 0) is 42.9 Å². The average Bonchev–Trinajstić information content (AvgIpc) is 3.19. The number of hydrogen-bond acceptors (Lipinski definition) is 13. The number of aliphatic hydroxyl groups excluding tert-OH is 3. The predicted molar refractivity (Wildman–Crippen MR) is 221 cm³/mol. The zero-order chi connectivity index (χ0) is 44.6. The predicted octanol–water partition coefficient (Wildman–Crippen LogP) is 5.26. The Hall–Kier alpha value is -3.69. The summed E-state index contributed by atoms with van der Waals surface area (Å²) in [5.74, 6) is -3.47. The molecule has 60 heavy (non-hydrogen) atoms. The van der Waals surface area contributed by atoms with Crippen LogP contribution in [-0.4, -0.2) is 104 Å². The standard InChI is InChI=1S/C46H69NO13/c1-9-11-13-18-22-35(50)47-38(31-20-16-15-17-21-31)40(53)42(55)59-32-25-46(56,29(4)58-36(51)23-19-14-12-10-2)43(6,7)37(28(32)3)39(52)41(54)44(8)26-45(60-30(5)48)27-57-34(45)24-33(44)49/h15-17,20-21,29,32-34,38-40,49,52-53,56H,9-14,18-19,22-27H2,1-8H3,(H,47,50)/t29-,32?,33-,34+,38-,39+,40+,44-,45-,46+/m0/s1. The molecule has 1 saturated heterocycles. The van der Waals surface area contributed by atoms with Crippen molar-refractivity contribution in [3.8, 4) is 0 Å². The smallest absolute Gasteiger partial charge is 0.338 e. The van der Waals surface area contributed by atoms with Crippen molar-refractivity contribution in [2.75, 3.05) is 6.61 Å². The Morgan fingerprint density at radius 3 is 2.12 bits per heavy atom. The van der Waals surface area contributed by atoms with E-state index in [1.165, 1.54) is 20.8 Å². The molecule has 4 rings (SSSR count). The molecule has 10 atom stereocenters. The van der Waals surface area contributed by atoms with Gasteiger partial charge in [0.2, 0.25) is 5.91 Å². The van der Waals surface area contributed by atoms with Gasteiger partial charge in [-0.2, -0.15) is 0 Å². The van der Waals surface area contributed by atoms with Gasteiger partial charge < -0.3 is 44.7 Å². The van der Waals surface area contributed by atoms with Gasteiger partial charge in [-0.1, -0.05) is 96.6 Å². The molecule has 1 heterocycles.